The van der Waals surface area contributed by atoms with Gasteiger partial charge in [-0.2, -0.15) is 0 Å². The molecule has 2 N–H and O–H groups in total. The van der Waals surface area contributed by atoms with Gasteiger partial charge in [0.15, 0.2) is 11.5 Å². The third kappa shape index (κ3) is 2.78. The van der Waals surface area contributed by atoms with Crippen LogP contribution in [0.15, 0.2) is 42.7 Å². The van der Waals surface area contributed by atoms with Gasteiger partial charge in [0.25, 0.3) is 0 Å². The average molecular weight is 244 g/mol. The molecule has 0 unspecified atom stereocenters. The smallest absolute Gasteiger partial charge is 0.166 e. The number of para-hydroxylation sites is 1. The highest BCUT2D eigenvalue weighted by atomic mass is 16.5. The van der Waals surface area contributed by atoms with Crippen LogP contribution in [0.4, 0.5) is 0 Å². The van der Waals surface area contributed by atoms with Crippen molar-refractivity contribution in [2.24, 2.45) is 5.73 Å². The molecule has 0 aliphatic carbocycles. The molecule has 2 rings (SSSR count). The normalized spacial score (nSPS) is 10.1. The van der Waals surface area contributed by atoms with E-state index in [1.165, 1.54) is 0 Å². The number of nitrogens with two attached hydrogens (primary N) is 1. The number of hydrogen-bond acceptors (Lipinski definition) is 4. The largest absolute Gasteiger partial charge is 0.493 e. The molecule has 1 aromatic heterocycles. The van der Waals surface area contributed by atoms with Gasteiger partial charge in [-0.25, -0.2) is 0 Å². The van der Waals surface area contributed by atoms with Gasteiger partial charge in [0.2, 0.25) is 0 Å². The second-order valence-electron chi connectivity index (χ2n) is 3.80. The highest BCUT2D eigenvalue weighted by Gasteiger charge is 2.09. The predicted molar refractivity (Wildman–Crippen MR) is 69.5 cm³/mol. The Balaban J connectivity index is 2.17. The molecule has 0 saturated heterocycles. The van der Waals surface area contributed by atoms with Crippen LogP contribution in [0, 0.1) is 0 Å². The zero-order valence-electron chi connectivity index (χ0n) is 10.3. The number of rotatable bonds is 5. The lowest BCUT2D eigenvalue weighted by atomic mass is 10.2. The van der Waals surface area contributed by atoms with Gasteiger partial charge in [0.1, 0.15) is 6.61 Å². The van der Waals surface area contributed by atoms with Gasteiger partial charge >= 0.3 is 0 Å². The van der Waals surface area contributed by atoms with E-state index in [0.717, 1.165) is 11.1 Å². The van der Waals surface area contributed by atoms with Gasteiger partial charge in [-0.15, -0.1) is 0 Å². The minimum atomic E-state index is 0.416. The summed E-state index contributed by atoms with van der Waals surface area (Å²) in [6.45, 7) is 0.862. The molecule has 0 bridgehead atoms. The highest BCUT2D eigenvalue weighted by molar-refractivity contribution is 5.46. The molecule has 1 aromatic carbocycles. The van der Waals surface area contributed by atoms with E-state index in [1.807, 2.05) is 30.3 Å². The molecule has 0 spiro atoms. The fraction of sp³-hybridized carbons (Fsp3) is 0.214. The Morgan fingerprint density at radius 2 is 2.11 bits per heavy atom. The third-order valence-electron chi connectivity index (χ3n) is 2.61. The SMILES string of the molecule is COc1cccc(CN)c1OCc1cccnc1. The van der Waals surface area contributed by atoms with Crippen LogP contribution in [-0.2, 0) is 13.2 Å². The summed E-state index contributed by atoms with van der Waals surface area (Å²) in [5.41, 5.74) is 7.63. The fourth-order valence-electron chi connectivity index (χ4n) is 1.69. The Morgan fingerprint density at radius 1 is 1.22 bits per heavy atom. The maximum Gasteiger partial charge on any atom is 0.166 e. The molecule has 0 radical (unpaired) electrons. The molecule has 2 aromatic rings. The van der Waals surface area contributed by atoms with Gasteiger partial charge in [0, 0.05) is 30.1 Å². The molecule has 0 saturated carbocycles. The van der Waals surface area contributed by atoms with Gasteiger partial charge in [-0.1, -0.05) is 18.2 Å². The van der Waals surface area contributed by atoms with Crippen molar-refractivity contribution in [3.63, 3.8) is 0 Å². The van der Waals surface area contributed by atoms with Crippen molar-refractivity contribution in [2.45, 2.75) is 13.2 Å². The van der Waals surface area contributed by atoms with E-state index < -0.39 is 0 Å². The van der Waals surface area contributed by atoms with Crippen LogP contribution >= 0.6 is 0 Å². The molecule has 4 nitrogen and oxygen atoms in total. The van der Waals surface area contributed by atoms with Crippen molar-refractivity contribution in [3.05, 3.63) is 53.9 Å². The summed E-state index contributed by atoms with van der Waals surface area (Å²) in [6, 6.07) is 9.53. The molecule has 0 aliphatic heterocycles. The highest BCUT2D eigenvalue weighted by Crippen LogP contribution is 2.31. The van der Waals surface area contributed by atoms with E-state index in [4.69, 9.17) is 15.2 Å². The number of pyridine rings is 1. The second-order valence-corrected chi connectivity index (χ2v) is 3.80. The van der Waals surface area contributed by atoms with Crippen LogP contribution in [0.1, 0.15) is 11.1 Å². The molecule has 94 valence electrons. The van der Waals surface area contributed by atoms with Crippen LogP contribution in [0.25, 0.3) is 0 Å². The summed E-state index contributed by atoms with van der Waals surface area (Å²) in [5, 5.41) is 0. The maximum absolute atomic E-state index is 5.79. The maximum atomic E-state index is 5.79. The van der Waals surface area contributed by atoms with Gasteiger partial charge in [-0.3, -0.25) is 4.98 Å². The monoisotopic (exact) mass is 244 g/mol. The van der Waals surface area contributed by atoms with Crippen molar-refractivity contribution in [3.8, 4) is 11.5 Å². The summed E-state index contributed by atoms with van der Waals surface area (Å²) in [5.74, 6) is 1.40. The zero-order valence-corrected chi connectivity index (χ0v) is 10.3. The van der Waals surface area contributed by atoms with Crippen LogP contribution in [0.2, 0.25) is 0 Å². The fourth-order valence-corrected chi connectivity index (χ4v) is 1.69. The van der Waals surface area contributed by atoms with Crippen LogP contribution in [0.5, 0.6) is 11.5 Å². The Labute approximate surface area is 106 Å². The predicted octanol–water partition coefficient (Wildman–Crippen LogP) is 2.13. The van der Waals surface area contributed by atoms with E-state index in [0.29, 0.717) is 24.7 Å². The first-order valence-corrected chi connectivity index (χ1v) is 5.72. The number of benzene rings is 1. The van der Waals surface area contributed by atoms with E-state index in [-0.39, 0.29) is 0 Å². The molecule has 4 heteroatoms. The molecule has 0 amide bonds. The summed E-state index contributed by atoms with van der Waals surface area (Å²) in [4.78, 5) is 4.05. The minimum Gasteiger partial charge on any atom is -0.493 e. The van der Waals surface area contributed by atoms with Crippen molar-refractivity contribution in [2.75, 3.05) is 7.11 Å². The topological polar surface area (TPSA) is 57.4 Å². The lowest BCUT2D eigenvalue weighted by molar-refractivity contribution is 0.281. The summed E-state index contributed by atoms with van der Waals surface area (Å²) in [7, 11) is 1.62. The summed E-state index contributed by atoms with van der Waals surface area (Å²) < 4.78 is 11.1. The van der Waals surface area contributed by atoms with E-state index in [1.54, 1.807) is 19.5 Å². The second kappa shape index (κ2) is 6.02. The minimum absolute atomic E-state index is 0.416. The van der Waals surface area contributed by atoms with Crippen molar-refractivity contribution in [1.29, 1.82) is 0 Å². The molecule has 0 fully saturated rings. The first kappa shape index (κ1) is 12.4. The van der Waals surface area contributed by atoms with E-state index in [2.05, 4.69) is 4.98 Å². The lowest BCUT2D eigenvalue weighted by Gasteiger charge is -2.14. The first-order valence-electron chi connectivity index (χ1n) is 5.72. The molecule has 1 heterocycles. The van der Waals surface area contributed by atoms with Crippen molar-refractivity contribution < 1.29 is 9.47 Å². The average Bonchev–Trinajstić information content (AvgIpc) is 2.45. The van der Waals surface area contributed by atoms with Crippen LogP contribution in [-0.4, -0.2) is 12.1 Å². The standard InChI is InChI=1S/C14H16N2O2/c1-17-13-6-2-5-12(8-15)14(13)18-10-11-4-3-7-16-9-11/h2-7,9H,8,10,15H2,1H3. The first-order chi connectivity index (χ1) is 8.85. The van der Waals surface area contributed by atoms with Gasteiger partial charge < -0.3 is 15.2 Å². The van der Waals surface area contributed by atoms with Crippen LogP contribution < -0.4 is 15.2 Å². The van der Waals surface area contributed by atoms with Gasteiger partial charge in [-0.05, 0) is 12.1 Å². The Kier molecular flexibility index (Phi) is 4.15. The van der Waals surface area contributed by atoms with Crippen molar-refractivity contribution in [1.82, 2.24) is 4.98 Å². The van der Waals surface area contributed by atoms with E-state index in [9.17, 15) is 0 Å². The number of nitrogens with zero attached hydrogens (tertiary/aromatic N) is 1. The van der Waals surface area contributed by atoms with Crippen molar-refractivity contribution >= 4 is 0 Å². The molecule has 18 heavy (non-hydrogen) atoms. The molecule has 0 aliphatic rings. The molecular weight excluding hydrogens is 228 g/mol. The Morgan fingerprint density at radius 3 is 2.78 bits per heavy atom. The number of aromatic nitrogens is 1. The lowest BCUT2D eigenvalue weighted by Crippen LogP contribution is -2.04. The third-order valence-corrected chi connectivity index (χ3v) is 2.61. The number of ether oxygens (including phenoxy) is 2. The quantitative estimate of drug-likeness (QED) is 0.875. The summed E-state index contributed by atoms with van der Waals surface area (Å²) in [6.07, 6.45) is 3.51. The summed E-state index contributed by atoms with van der Waals surface area (Å²) >= 11 is 0. The van der Waals surface area contributed by atoms with Gasteiger partial charge in [0.05, 0.1) is 7.11 Å². The molecular formula is C14H16N2O2. The Bertz CT molecular complexity index is 478. The number of hydrogen-bond donors (Lipinski definition) is 1. The van der Waals surface area contributed by atoms with E-state index >= 15 is 0 Å². The number of methoxy groups -OCH3 is 1. The molecule has 0 atom stereocenters. The van der Waals surface area contributed by atoms with Crippen LogP contribution in [0.3, 0.4) is 0 Å². The zero-order chi connectivity index (χ0) is 12.8. The Hall–Kier alpha value is -2.07.